The lowest BCUT2D eigenvalue weighted by molar-refractivity contribution is 0.441. The summed E-state index contributed by atoms with van der Waals surface area (Å²) in [5, 5.41) is 0. The van der Waals surface area contributed by atoms with Gasteiger partial charge >= 0.3 is 0 Å². The summed E-state index contributed by atoms with van der Waals surface area (Å²) in [4.78, 5) is 0. The third-order valence-electron chi connectivity index (χ3n) is 2.42. The molecule has 0 N–H and O–H groups in total. The van der Waals surface area contributed by atoms with Gasteiger partial charge in [-0.3, -0.25) is 0 Å². The summed E-state index contributed by atoms with van der Waals surface area (Å²) in [7, 11) is 0. The van der Waals surface area contributed by atoms with Crippen LogP contribution in [0, 0.1) is 0 Å². The van der Waals surface area contributed by atoms with E-state index in [1.54, 1.807) is 0 Å². The van der Waals surface area contributed by atoms with Crippen LogP contribution in [-0.2, 0) is 0 Å². The van der Waals surface area contributed by atoms with Gasteiger partial charge < -0.3 is 4.74 Å². The molecular weight excluding hydrogens is 228 g/mol. The molecule has 0 radical (unpaired) electrons. The molecule has 0 aromatic heterocycles. The van der Waals surface area contributed by atoms with Crippen molar-refractivity contribution in [3.05, 3.63) is 52.2 Å². The summed E-state index contributed by atoms with van der Waals surface area (Å²) in [6.45, 7) is 0. The second kappa shape index (κ2) is 2.48. The van der Waals surface area contributed by atoms with E-state index in [4.69, 9.17) is 4.74 Å². The quantitative estimate of drug-likeness (QED) is 0.669. The molecule has 1 nitrogen and oxygen atoms in total. The molecule has 64 valence electrons. The van der Waals surface area contributed by atoms with Crippen LogP contribution in [0.25, 0.3) is 0 Å². The smallest absolute Gasteiger partial charge is 0.132 e. The lowest BCUT2D eigenvalue weighted by Gasteiger charge is -2.02. The lowest BCUT2D eigenvalue weighted by Crippen LogP contribution is -1.90. The molecule has 0 spiro atoms. The molecule has 0 amide bonds. The topological polar surface area (TPSA) is 9.23 Å². The van der Waals surface area contributed by atoms with Crippen molar-refractivity contribution < 1.29 is 4.74 Å². The Morgan fingerprint density at radius 3 is 3.15 bits per heavy atom. The molecule has 0 fully saturated rings. The molecule has 2 heteroatoms. The summed E-state index contributed by atoms with van der Waals surface area (Å²) >= 11 is 3.54. The SMILES string of the molecule is Brc1cccc2c1C1C=CC=C1O2. The van der Waals surface area contributed by atoms with Crippen LogP contribution in [0.1, 0.15) is 11.5 Å². The largest absolute Gasteiger partial charge is 0.460 e. The van der Waals surface area contributed by atoms with E-state index >= 15 is 0 Å². The molecule has 0 saturated carbocycles. The normalized spacial score (nSPS) is 22.2. The van der Waals surface area contributed by atoms with Crippen LogP contribution in [0.4, 0.5) is 0 Å². The van der Waals surface area contributed by atoms with Crippen LogP contribution in [0.15, 0.2) is 46.7 Å². The number of ether oxygens (including phenoxy) is 1. The molecule has 3 rings (SSSR count). The van der Waals surface area contributed by atoms with Crippen molar-refractivity contribution in [3.63, 3.8) is 0 Å². The monoisotopic (exact) mass is 234 g/mol. The second-order valence-corrected chi connectivity index (χ2v) is 4.04. The van der Waals surface area contributed by atoms with E-state index in [9.17, 15) is 0 Å². The van der Waals surface area contributed by atoms with Gasteiger partial charge in [0.2, 0.25) is 0 Å². The van der Waals surface area contributed by atoms with E-state index in [0.29, 0.717) is 5.92 Å². The molecule has 0 bridgehead atoms. The Kier molecular flexibility index (Phi) is 1.41. The Morgan fingerprint density at radius 1 is 1.31 bits per heavy atom. The number of benzene rings is 1. The molecule has 1 heterocycles. The number of hydrogen-bond donors (Lipinski definition) is 0. The second-order valence-electron chi connectivity index (χ2n) is 3.19. The lowest BCUT2D eigenvalue weighted by atomic mass is 10.0. The van der Waals surface area contributed by atoms with Gasteiger partial charge in [-0.15, -0.1) is 0 Å². The molecule has 1 unspecified atom stereocenters. The average Bonchev–Trinajstić information content (AvgIpc) is 2.62. The highest BCUT2D eigenvalue weighted by atomic mass is 79.9. The Labute approximate surface area is 84.8 Å². The van der Waals surface area contributed by atoms with Gasteiger partial charge in [-0.2, -0.15) is 0 Å². The standard InChI is InChI=1S/C11H7BrO/c12-8-4-2-6-10-11(8)7-3-1-5-9(7)13-10/h1-7H. The van der Waals surface area contributed by atoms with E-state index in [1.165, 1.54) is 5.56 Å². The Hall–Kier alpha value is -1.02. The predicted molar refractivity (Wildman–Crippen MR) is 54.7 cm³/mol. The number of allylic oxidation sites excluding steroid dienone is 3. The maximum Gasteiger partial charge on any atom is 0.132 e. The summed E-state index contributed by atoms with van der Waals surface area (Å²) in [6, 6.07) is 6.05. The summed E-state index contributed by atoms with van der Waals surface area (Å²) in [5.41, 5.74) is 1.25. The first-order chi connectivity index (χ1) is 6.36. The predicted octanol–water partition coefficient (Wildman–Crippen LogP) is 3.38. The highest BCUT2D eigenvalue weighted by Crippen LogP contribution is 2.46. The highest BCUT2D eigenvalue weighted by Gasteiger charge is 2.30. The van der Waals surface area contributed by atoms with Crippen molar-refractivity contribution in [3.8, 4) is 5.75 Å². The van der Waals surface area contributed by atoms with Gasteiger partial charge in [0.1, 0.15) is 11.5 Å². The van der Waals surface area contributed by atoms with E-state index in [-0.39, 0.29) is 0 Å². The van der Waals surface area contributed by atoms with Crippen LogP contribution in [0.2, 0.25) is 0 Å². The Bertz CT molecular complexity index is 432. The zero-order valence-electron chi connectivity index (χ0n) is 6.83. The minimum absolute atomic E-state index is 0.338. The van der Waals surface area contributed by atoms with E-state index in [0.717, 1.165) is 16.0 Å². The van der Waals surface area contributed by atoms with E-state index < -0.39 is 0 Å². The first-order valence-electron chi connectivity index (χ1n) is 4.21. The fraction of sp³-hybridized carbons (Fsp3) is 0.0909. The number of hydrogen-bond acceptors (Lipinski definition) is 1. The van der Waals surface area contributed by atoms with Gasteiger partial charge in [0.05, 0.1) is 5.92 Å². The van der Waals surface area contributed by atoms with Crippen molar-refractivity contribution in [2.75, 3.05) is 0 Å². The van der Waals surface area contributed by atoms with Crippen molar-refractivity contribution in [1.82, 2.24) is 0 Å². The van der Waals surface area contributed by atoms with Gasteiger partial charge in [-0.05, 0) is 18.2 Å². The molecule has 1 aliphatic heterocycles. The molecule has 1 aromatic rings. The van der Waals surface area contributed by atoms with Gasteiger partial charge in [0.15, 0.2) is 0 Å². The first kappa shape index (κ1) is 7.39. The van der Waals surface area contributed by atoms with E-state index in [1.807, 2.05) is 24.3 Å². The number of rotatable bonds is 0. The number of fused-ring (bicyclic) bond motifs is 3. The average molecular weight is 235 g/mol. The Morgan fingerprint density at radius 2 is 2.23 bits per heavy atom. The van der Waals surface area contributed by atoms with Gasteiger partial charge in [0.25, 0.3) is 0 Å². The molecule has 0 saturated heterocycles. The molecule has 1 aromatic carbocycles. The highest BCUT2D eigenvalue weighted by molar-refractivity contribution is 9.10. The van der Waals surface area contributed by atoms with E-state index in [2.05, 4.69) is 28.1 Å². The fourth-order valence-corrected chi connectivity index (χ4v) is 2.43. The minimum Gasteiger partial charge on any atom is -0.460 e. The summed E-state index contributed by atoms with van der Waals surface area (Å²) in [5.74, 6) is 2.36. The van der Waals surface area contributed by atoms with Gasteiger partial charge in [0, 0.05) is 10.0 Å². The van der Waals surface area contributed by atoms with Crippen molar-refractivity contribution >= 4 is 15.9 Å². The van der Waals surface area contributed by atoms with Crippen molar-refractivity contribution in [2.24, 2.45) is 0 Å². The summed E-state index contributed by atoms with van der Waals surface area (Å²) < 4.78 is 6.81. The maximum absolute atomic E-state index is 5.68. The van der Waals surface area contributed by atoms with Crippen molar-refractivity contribution in [1.29, 1.82) is 0 Å². The third kappa shape index (κ3) is 0.923. The van der Waals surface area contributed by atoms with Gasteiger partial charge in [-0.25, -0.2) is 0 Å². The van der Waals surface area contributed by atoms with Crippen LogP contribution in [-0.4, -0.2) is 0 Å². The molecular formula is C11H7BrO. The zero-order chi connectivity index (χ0) is 8.84. The fourth-order valence-electron chi connectivity index (χ4n) is 1.83. The van der Waals surface area contributed by atoms with Crippen LogP contribution >= 0.6 is 15.9 Å². The van der Waals surface area contributed by atoms with Gasteiger partial charge in [-0.1, -0.05) is 34.1 Å². The minimum atomic E-state index is 0.338. The Balaban J connectivity index is 2.26. The summed E-state index contributed by atoms with van der Waals surface area (Å²) in [6.07, 6.45) is 6.23. The van der Waals surface area contributed by atoms with Crippen LogP contribution in [0.3, 0.4) is 0 Å². The third-order valence-corrected chi connectivity index (χ3v) is 3.11. The molecule has 1 atom stereocenters. The molecule has 1 aliphatic carbocycles. The maximum atomic E-state index is 5.68. The first-order valence-corrected chi connectivity index (χ1v) is 5.00. The van der Waals surface area contributed by atoms with Crippen LogP contribution < -0.4 is 4.74 Å². The molecule has 2 aliphatic rings. The number of halogens is 1. The molecule has 13 heavy (non-hydrogen) atoms. The zero-order valence-corrected chi connectivity index (χ0v) is 8.41. The van der Waals surface area contributed by atoms with Crippen LogP contribution in [0.5, 0.6) is 5.75 Å². The van der Waals surface area contributed by atoms with Crippen molar-refractivity contribution in [2.45, 2.75) is 5.92 Å².